The molecule has 1 aromatic carbocycles. The van der Waals surface area contributed by atoms with E-state index in [0.717, 1.165) is 24.1 Å². The van der Waals surface area contributed by atoms with Crippen molar-refractivity contribution in [1.29, 1.82) is 0 Å². The molecule has 25 heavy (non-hydrogen) atoms. The largest absolute Gasteiger partial charge is 0.366 e. The number of benzene rings is 1. The van der Waals surface area contributed by atoms with Crippen molar-refractivity contribution in [3.05, 3.63) is 47.8 Å². The van der Waals surface area contributed by atoms with Gasteiger partial charge >= 0.3 is 0 Å². The van der Waals surface area contributed by atoms with Crippen molar-refractivity contribution in [1.82, 2.24) is 14.7 Å². The molecule has 7 heteroatoms. The second-order valence-electron chi connectivity index (χ2n) is 6.50. The third kappa shape index (κ3) is 3.71. The first-order chi connectivity index (χ1) is 12.0. The van der Waals surface area contributed by atoms with E-state index in [-0.39, 0.29) is 11.9 Å². The quantitative estimate of drug-likeness (QED) is 0.884. The van der Waals surface area contributed by atoms with E-state index < -0.39 is 5.91 Å². The fraction of sp³-hybridized carbons (Fsp3) is 0.389. The fourth-order valence-corrected chi connectivity index (χ4v) is 3.29. The zero-order valence-corrected chi connectivity index (χ0v) is 14.6. The van der Waals surface area contributed by atoms with Gasteiger partial charge in [0.15, 0.2) is 0 Å². The molecule has 0 aliphatic carbocycles. The predicted molar refractivity (Wildman–Crippen MR) is 95.0 cm³/mol. The van der Waals surface area contributed by atoms with Crippen molar-refractivity contribution < 1.29 is 9.59 Å². The van der Waals surface area contributed by atoms with E-state index in [0.29, 0.717) is 18.7 Å². The van der Waals surface area contributed by atoms with Crippen molar-refractivity contribution in [3.8, 4) is 0 Å². The monoisotopic (exact) mass is 341 g/mol. The highest BCUT2D eigenvalue weighted by atomic mass is 16.2. The molecule has 1 atom stereocenters. The van der Waals surface area contributed by atoms with Gasteiger partial charge in [0.2, 0.25) is 11.8 Å². The van der Waals surface area contributed by atoms with Crippen LogP contribution in [0.2, 0.25) is 0 Å². The van der Waals surface area contributed by atoms with Gasteiger partial charge in [0.1, 0.15) is 0 Å². The maximum absolute atomic E-state index is 12.9. The van der Waals surface area contributed by atoms with Crippen molar-refractivity contribution >= 4 is 17.5 Å². The average Bonchev–Trinajstić information content (AvgIpc) is 3.01. The Morgan fingerprint density at radius 2 is 2.24 bits per heavy atom. The lowest BCUT2D eigenvalue weighted by Crippen LogP contribution is -2.51. The first-order valence-electron chi connectivity index (χ1n) is 8.34. The molecule has 0 spiro atoms. The van der Waals surface area contributed by atoms with Crippen LogP contribution < -0.4 is 10.6 Å². The van der Waals surface area contributed by atoms with Gasteiger partial charge in [0.25, 0.3) is 0 Å². The number of aromatic nitrogens is 2. The van der Waals surface area contributed by atoms with Gasteiger partial charge in [-0.3, -0.25) is 19.2 Å². The Kier molecular flexibility index (Phi) is 4.85. The van der Waals surface area contributed by atoms with Gasteiger partial charge < -0.3 is 10.6 Å². The maximum Gasteiger partial charge on any atom is 0.248 e. The van der Waals surface area contributed by atoms with E-state index in [1.807, 2.05) is 37.3 Å². The summed E-state index contributed by atoms with van der Waals surface area (Å²) in [6.45, 7) is 1.30. The minimum Gasteiger partial charge on any atom is -0.366 e. The van der Waals surface area contributed by atoms with Crippen LogP contribution in [0.1, 0.15) is 28.8 Å². The molecule has 1 fully saturated rings. The van der Waals surface area contributed by atoms with E-state index >= 15 is 0 Å². The molecule has 0 saturated carbocycles. The molecule has 1 aromatic heterocycles. The number of rotatable bonds is 5. The Bertz CT molecular complexity index is 785. The predicted octanol–water partition coefficient (Wildman–Crippen LogP) is 1.15. The van der Waals surface area contributed by atoms with Crippen LogP contribution in [-0.2, 0) is 18.4 Å². The smallest absolute Gasteiger partial charge is 0.248 e. The normalized spacial score (nSPS) is 18.0. The molecule has 2 heterocycles. The number of hydrogen-bond donors (Lipinski definition) is 1. The molecule has 1 saturated heterocycles. The number of anilines is 1. The van der Waals surface area contributed by atoms with Crippen LogP contribution >= 0.6 is 0 Å². The van der Waals surface area contributed by atoms with Gasteiger partial charge in [-0.25, -0.2) is 0 Å². The topological polar surface area (TPSA) is 84.5 Å². The third-order valence-electron chi connectivity index (χ3n) is 4.59. The van der Waals surface area contributed by atoms with Crippen LogP contribution in [0.5, 0.6) is 0 Å². The second kappa shape index (κ2) is 7.06. The van der Waals surface area contributed by atoms with Gasteiger partial charge in [-0.05, 0) is 37.6 Å². The lowest BCUT2D eigenvalue weighted by Gasteiger charge is -2.36. The van der Waals surface area contributed by atoms with Gasteiger partial charge in [-0.1, -0.05) is 12.1 Å². The maximum atomic E-state index is 12.9. The highest BCUT2D eigenvalue weighted by Gasteiger charge is 2.32. The standard InChI is InChI=1S/C18H23N5O2/c1-21(11-13-5-3-6-14(9-13)17(19)24)16-7-4-8-23(18(16)25)15-10-20-22(2)12-15/h3,5-6,9-10,12,16H,4,7-8,11H2,1-2H3,(H2,19,24)/t16-/m0/s1. The van der Waals surface area contributed by atoms with Gasteiger partial charge in [0, 0.05) is 31.9 Å². The summed E-state index contributed by atoms with van der Waals surface area (Å²) in [5.74, 6) is -0.353. The number of piperidine rings is 1. The summed E-state index contributed by atoms with van der Waals surface area (Å²) in [7, 11) is 3.78. The molecule has 2 N–H and O–H groups in total. The van der Waals surface area contributed by atoms with Crippen molar-refractivity contribution in [2.45, 2.75) is 25.4 Å². The summed E-state index contributed by atoms with van der Waals surface area (Å²) in [4.78, 5) is 28.1. The zero-order valence-electron chi connectivity index (χ0n) is 14.6. The highest BCUT2D eigenvalue weighted by molar-refractivity contribution is 5.97. The highest BCUT2D eigenvalue weighted by Crippen LogP contribution is 2.23. The molecule has 0 radical (unpaired) electrons. The molecule has 0 bridgehead atoms. The molecule has 2 aromatic rings. The van der Waals surface area contributed by atoms with Crippen LogP contribution in [-0.4, -0.2) is 46.1 Å². The lowest BCUT2D eigenvalue weighted by molar-refractivity contribution is -0.125. The Balaban J connectivity index is 1.73. The Hall–Kier alpha value is -2.67. The number of carbonyl (C=O) groups excluding carboxylic acids is 2. The van der Waals surface area contributed by atoms with Crippen LogP contribution in [0.4, 0.5) is 5.69 Å². The summed E-state index contributed by atoms with van der Waals surface area (Å²) in [5.41, 5.74) is 7.62. The van der Waals surface area contributed by atoms with Crippen LogP contribution in [0, 0.1) is 0 Å². The van der Waals surface area contributed by atoms with Crippen molar-refractivity contribution in [3.63, 3.8) is 0 Å². The summed E-state index contributed by atoms with van der Waals surface area (Å²) < 4.78 is 1.70. The summed E-state index contributed by atoms with van der Waals surface area (Å²) in [6, 6.07) is 7.04. The minimum atomic E-state index is -0.444. The number of primary amides is 1. The van der Waals surface area contributed by atoms with E-state index in [2.05, 4.69) is 5.10 Å². The van der Waals surface area contributed by atoms with Crippen LogP contribution in [0.25, 0.3) is 0 Å². The second-order valence-corrected chi connectivity index (χ2v) is 6.50. The summed E-state index contributed by atoms with van der Waals surface area (Å²) >= 11 is 0. The zero-order chi connectivity index (χ0) is 18.0. The molecular formula is C18H23N5O2. The van der Waals surface area contributed by atoms with Gasteiger partial charge in [0.05, 0.1) is 17.9 Å². The molecule has 1 aliphatic rings. The van der Waals surface area contributed by atoms with E-state index in [4.69, 9.17) is 5.73 Å². The number of nitrogens with two attached hydrogens (primary N) is 1. The van der Waals surface area contributed by atoms with E-state index in [9.17, 15) is 9.59 Å². The Morgan fingerprint density at radius 3 is 2.92 bits per heavy atom. The van der Waals surface area contributed by atoms with Gasteiger partial charge in [-0.15, -0.1) is 0 Å². The number of amides is 2. The van der Waals surface area contributed by atoms with Crippen molar-refractivity contribution in [2.24, 2.45) is 12.8 Å². The fourth-order valence-electron chi connectivity index (χ4n) is 3.29. The summed E-state index contributed by atoms with van der Waals surface area (Å²) in [5, 5.41) is 4.16. The Morgan fingerprint density at radius 1 is 1.44 bits per heavy atom. The lowest BCUT2D eigenvalue weighted by atomic mass is 10.0. The number of nitrogens with zero attached hydrogens (tertiary/aromatic N) is 4. The molecule has 7 nitrogen and oxygen atoms in total. The van der Waals surface area contributed by atoms with Gasteiger partial charge in [-0.2, -0.15) is 5.10 Å². The third-order valence-corrected chi connectivity index (χ3v) is 4.59. The van der Waals surface area contributed by atoms with E-state index in [1.165, 1.54) is 0 Å². The first kappa shape index (κ1) is 17.2. The molecule has 1 aliphatic heterocycles. The minimum absolute atomic E-state index is 0.0906. The summed E-state index contributed by atoms with van der Waals surface area (Å²) in [6.07, 6.45) is 5.34. The molecule has 3 rings (SSSR count). The van der Waals surface area contributed by atoms with Crippen LogP contribution in [0.3, 0.4) is 0 Å². The SMILES string of the molecule is CN(Cc1cccc(C(N)=O)c1)[C@H]1CCCN(c2cnn(C)c2)C1=O. The number of likely N-dealkylation sites (N-methyl/N-ethyl adjacent to an activating group) is 1. The van der Waals surface area contributed by atoms with E-state index in [1.54, 1.807) is 27.9 Å². The Labute approximate surface area is 147 Å². The average molecular weight is 341 g/mol. The molecular weight excluding hydrogens is 318 g/mol. The first-order valence-corrected chi connectivity index (χ1v) is 8.34. The number of carbonyl (C=O) groups is 2. The molecule has 2 amide bonds. The molecule has 132 valence electrons. The molecule has 0 unspecified atom stereocenters. The van der Waals surface area contributed by atoms with Crippen molar-refractivity contribution in [2.75, 3.05) is 18.5 Å². The number of aryl methyl sites for hydroxylation is 1. The number of hydrogen-bond acceptors (Lipinski definition) is 4. The van der Waals surface area contributed by atoms with Crippen LogP contribution in [0.15, 0.2) is 36.7 Å².